The molecule has 3 heterocycles. The molecule has 0 bridgehead atoms. The van der Waals surface area contributed by atoms with Crippen LogP contribution in [-0.4, -0.2) is 9.13 Å². The molecule has 5 nitrogen and oxygen atoms in total. The Balaban J connectivity index is 1.31. The molecule has 10 rings (SSSR count). The molecule has 0 radical (unpaired) electrons. The van der Waals surface area contributed by atoms with E-state index >= 15 is 0 Å². The summed E-state index contributed by atoms with van der Waals surface area (Å²) in [6.07, 6.45) is 0. The van der Waals surface area contributed by atoms with Crippen LogP contribution in [0.3, 0.4) is 0 Å². The molecule has 0 fully saturated rings. The number of para-hydroxylation sites is 4. The highest BCUT2D eigenvalue weighted by molar-refractivity contribution is 6.22. The summed E-state index contributed by atoms with van der Waals surface area (Å²) >= 11 is 0. The lowest BCUT2D eigenvalue weighted by atomic mass is 9.98. The third kappa shape index (κ3) is 3.79. The molecule has 0 amide bonds. The van der Waals surface area contributed by atoms with Crippen molar-refractivity contribution in [2.45, 2.75) is 0 Å². The minimum atomic E-state index is 0.559. The number of nitriles is 2. The molecule has 0 aliphatic rings. The van der Waals surface area contributed by atoms with Gasteiger partial charge in [0.2, 0.25) is 0 Å². The number of furan rings is 1. The first-order chi connectivity index (χ1) is 24.2. The first-order valence-corrected chi connectivity index (χ1v) is 16.1. The fourth-order valence-electron chi connectivity index (χ4n) is 7.68. The third-order valence-electron chi connectivity index (χ3n) is 9.77. The van der Waals surface area contributed by atoms with Crippen molar-refractivity contribution in [1.29, 1.82) is 10.5 Å². The second-order valence-electron chi connectivity index (χ2n) is 12.4. The van der Waals surface area contributed by atoms with Crippen LogP contribution in [0.5, 0.6) is 0 Å². The summed E-state index contributed by atoms with van der Waals surface area (Å²) in [7, 11) is 0. The maximum Gasteiger partial charge on any atom is 0.160 e. The lowest BCUT2D eigenvalue weighted by molar-refractivity contribution is 0.672. The Morgan fingerprint density at radius 3 is 1.84 bits per heavy atom. The highest BCUT2D eigenvalue weighted by Gasteiger charge is 2.22. The largest absolute Gasteiger partial charge is 0.453 e. The number of hydrogen-bond acceptors (Lipinski definition) is 3. The van der Waals surface area contributed by atoms with Crippen molar-refractivity contribution >= 4 is 65.6 Å². The molecule has 0 aliphatic carbocycles. The quantitative estimate of drug-likeness (QED) is 0.196. The normalized spacial score (nSPS) is 11.6. The van der Waals surface area contributed by atoms with Crippen LogP contribution in [0.4, 0.5) is 0 Å². The molecule has 0 unspecified atom stereocenters. The van der Waals surface area contributed by atoms with Gasteiger partial charge >= 0.3 is 0 Å². The smallest absolute Gasteiger partial charge is 0.160 e. The van der Waals surface area contributed by atoms with Gasteiger partial charge in [0.15, 0.2) is 5.58 Å². The molecule has 7 aromatic carbocycles. The highest BCUT2D eigenvalue weighted by atomic mass is 16.3. The van der Waals surface area contributed by atoms with E-state index in [0.29, 0.717) is 11.1 Å². The lowest BCUT2D eigenvalue weighted by Gasteiger charge is -2.15. The van der Waals surface area contributed by atoms with Crippen LogP contribution in [0.1, 0.15) is 11.1 Å². The van der Waals surface area contributed by atoms with Crippen LogP contribution in [-0.2, 0) is 0 Å². The van der Waals surface area contributed by atoms with Crippen LogP contribution in [0.2, 0.25) is 0 Å². The summed E-state index contributed by atoms with van der Waals surface area (Å²) in [5, 5.41) is 26.1. The molecule has 5 heteroatoms. The van der Waals surface area contributed by atoms with E-state index in [1.807, 2.05) is 54.6 Å². The van der Waals surface area contributed by atoms with Crippen molar-refractivity contribution in [2.75, 3.05) is 0 Å². The number of benzene rings is 7. The molecule has 0 saturated heterocycles. The highest BCUT2D eigenvalue weighted by Crippen LogP contribution is 2.44. The van der Waals surface area contributed by atoms with Gasteiger partial charge in [0, 0.05) is 49.1 Å². The lowest BCUT2D eigenvalue weighted by Crippen LogP contribution is -1.98. The van der Waals surface area contributed by atoms with Crippen LogP contribution in [0.25, 0.3) is 88.1 Å². The van der Waals surface area contributed by atoms with Gasteiger partial charge in [-0.05, 0) is 60.7 Å². The molecular formula is C44H24N4O. The van der Waals surface area contributed by atoms with Gasteiger partial charge in [-0.3, -0.25) is 0 Å². The molecule has 3 aromatic heterocycles. The fourth-order valence-corrected chi connectivity index (χ4v) is 7.68. The summed E-state index contributed by atoms with van der Waals surface area (Å²) in [6.45, 7) is 0. The molecule has 0 atom stereocenters. The Morgan fingerprint density at radius 2 is 1.04 bits per heavy atom. The fraction of sp³-hybridized carbons (Fsp3) is 0. The average molecular weight is 625 g/mol. The van der Waals surface area contributed by atoms with Gasteiger partial charge in [-0.2, -0.15) is 10.5 Å². The number of aromatic nitrogens is 2. The Hall–Kier alpha value is -7.08. The van der Waals surface area contributed by atoms with Crippen molar-refractivity contribution < 1.29 is 4.42 Å². The van der Waals surface area contributed by atoms with Gasteiger partial charge in [-0.15, -0.1) is 0 Å². The first kappa shape index (κ1) is 27.1. The summed E-state index contributed by atoms with van der Waals surface area (Å²) in [5.74, 6) is 0. The second-order valence-corrected chi connectivity index (χ2v) is 12.4. The summed E-state index contributed by atoms with van der Waals surface area (Å²) < 4.78 is 11.6. The van der Waals surface area contributed by atoms with E-state index in [1.54, 1.807) is 0 Å². The van der Waals surface area contributed by atoms with E-state index in [9.17, 15) is 10.5 Å². The predicted octanol–water partition coefficient (Wildman–Crippen LogP) is 11.2. The van der Waals surface area contributed by atoms with E-state index in [4.69, 9.17) is 4.42 Å². The van der Waals surface area contributed by atoms with Crippen molar-refractivity contribution in [3.63, 3.8) is 0 Å². The predicted molar refractivity (Wildman–Crippen MR) is 197 cm³/mol. The molecule has 226 valence electrons. The molecule has 10 aromatic rings. The van der Waals surface area contributed by atoms with Crippen LogP contribution in [0, 0.1) is 22.7 Å². The second kappa shape index (κ2) is 10.2. The van der Waals surface area contributed by atoms with E-state index in [1.165, 1.54) is 5.39 Å². The first-order valence-electron chi connectivity index (χ1n) is 16.1. The number of nitrogens with zero attached hydrogens (tertiary/aromatic N) is 4. The van der Waals surface area contributed by atoms with Crippen molar-refractivity contribution in [1.82, 2.24) is 9.13 Å². The Bertz CT molecular complexity index is 3070. The van der Waals surface area contributed by atoms with Gasteiger partial charge in [-0.1, -0.05) is 84.9 Å². The summed E-state index contributed by atoms with van der Waals surface area (Å²) in [5.41, 5.74) is 10.7. The van der Waals surface area contributed by atoms with Gasteiger partial charge in [-0.25, -0.2) is 0 Å². The molecule has 0 aliphatic heterocycles. The Morgan fingerprint density at radius 1 is 0.429 bits per heavy atom. The zero-order chi connectivity index (χ0) is 32.6. The molecule has 0 N–H and O–H groups in total. The zero-order valence-electron chi connectivity index (χ0n) is 26.1. The maximum atomic E-state index is 10.0. The monoisotopic (exact) mass is 624 g/mol. The average Bonchev–Trinajstić information content (AvgIpc) is 3.82. The van der Waals surface area contributed by atoms with E-state index in [-0.39, 0.29) is 0 Å². The van der Waals surface area contributed by atoms with E-state index in [0.717, 1.165) is 82.7 Å². The van der Waals surface area contributed by atoms with Gasteiger partial charge in [0.05, 0.1) is 51.0 Å². The van der Waals surface area contributed by atoms with Crippen LogP contribution in [0.15, 0.2) is 150 Å². The van der Waals surface area contributed by atoms with Gasteiger partial charge in [0.25, 0.3) is 0 Å². The van der Waals surface area contributed by atoms with Crippen molar-refractivity contribution in [3.05, 3.63) is 157 Å². The molecule has 0 saturated carbocycles. The van der Waals surface area contributed by atoms with Gasteiger partial charge < -0.3 is 13.6 Å². The Kier molecular flexibility index (Phi) is 5.64. The third-order valence-corrected chi connectivity index (χ3v) is 9.77. The van der Waals surface area contributed by atoms with E-state index < -0.39 is 0 Å². The number of hydrogen-bond donors (Lipinski definition) is 0. The van der Waals surface area contributed by atoms with Crippen LogP contribution >= 0.6 is 0 Å². The standard InChI is InChI=1S/C44H24N4O/c45-25-27-18-22-40-37(23-27)31-12-5-7-16-39(31)48(40)41-24-28(26-46)17-19-32(41)34-13-8-14-35-36-21-20-33-30-11-4-6-15-38(30)47(29-9-2-1-3-10-29)42(33)44(36)49-43(34)35/h1-24H. The minimum Gasteiger partial charge on any atom is -0.453 e. The SMILES string of the molecule is N#Cc1ccc(-c2cccc3c2oc2c3ccc3c4ccccc4n(-c4ccccc4)c32)c(-n2c3ccccc3c3cc(C#N)ccc32)c1. The number of rotatable bonds is 3. The zero-order valence-corrected chi connectivity index (χ0v) is 26.1. The number of fused-ring (bicyclic) bond motifs is 10. The van der Waals surface area contributed by atoms with Crippen LogP contribution < -0.4 is 0 Å². The molecular weight excluding hydrogens is 601 g/mol. The summed E-state index contributed by atoms with van der Waals surface area (Å²) in [6, 6.07) is 54.1. The minimum absolute atomic E-state index is 0.559. The van der Waals surface area contributed by atoms with Crippen molar-refractivity contribution in [2.24, 2.45) is 0 Å². The molecule has 49 heavy (non-hydrogen) atoms. The maximum absolute atomic E-state index is 10.0. The van der Waals surface area contributed by atoms with Crippen molar-refractivity contribution in [3.8, 4) is 34.6 Å². The van der Waals surface area contributed by atoms with E-state index in [2.05, 4.69) is 112 Å². The molecule has 0 spiro atoms. The van der Waals surface area contributed by atoms with Gasteiger partial charge in [0.1, 0.15) is 5.58 Å². The Labute approximate surface area is 280 Å². The topological polar surface area (TPSA) is 70.6 Å². The summed E-state index contributed by atoms with van der Waals surface area (Å²) in [4.78, 5) is 0.